The van der Waals surface area contributed by atoms with Crippen LogP contribution in [0.5, 0.6) is 0 Å². The average Bonchev–Trinajstić information content (AvgIpc) is 2.17. The fourth-order valence-electron chi connectivity index (χ4n) is 1.25. The molecule has 1 aromatic rings. The van der Waals surface area contributed by atoms with Crippen LogP contribution >= 0.6 is 11.8 Å². The molecule has 2 N–H and O–H groups in total. The van der Waals surface area contributed by atoms with E-state index in [1.807, 2.05) is 6.07 Å². The van der Waals surface area contributed by atoms with Crippen molar-refractivity contribution in [2.24, 2.45) is 5.73 Å². The molecule has 0 heterocycles. The van der Waals surface area contributed by atoms with E-state index in [2.05, 4.69) is 6.92 Å². The minimum Gasteiger partial charge on any atom is -0.330 e. The van der Waals surface area contributed by atoms with Gasteiger partial charge in [-0.25, -0.2) is 4.39 Å². The molecular weight excluding hydrogens is 197 g/mol. The Morgan fingerprint density at radius 2 is 2.21 bits per heavy atom. The van der Waals surface area contributed by atoms with Crippen LogP contribution < -0.4 is 5.73 Å². The molecule has 1 rings (SSSR count). The first-order chi connectivity index (χ1) is 6.77. The highest BCUT2D eigenvalue weighted by Crippen LogP contribution is 2.24. The van der Waals surface area contributed by atoms with Crippen LogP contribution in [0.3, 0.4) is 0 Å². The van der Waals surface area contributed by atoms with Gasteiger partial charge in [0, 0.05) is 4.90 Å². The second kappa shape index (κ2) is 6.04. The van der Waals surface area contributed by atoms with Gasteiger partial charge in [-0.2, -0.15) is 0 Å². The zero-order valence-corrected chi connectivity index (χ0v) is 9.24. The van der Waals surface area contributed by atoms with Crippen molar-refractivity contribution in [3.8, 4) is 0 Å². The molecule has 1 aromatic carbocycles. The molecule has 0 bridgehead atoms. The van der Waals surface area contributed by atoms with Crippen LogP contribution in [0.15, 0.2) is 23.1 Å². The highest BCUT2D eigenvalue weighted by Gasteiger charge is 2.03. The van der Waals surface area contributed by atoms with Crippen LogP contribution in [0.2, 0.25) is 0 Å². The summed E-state index contributed by atoms with van der Waals surface area (Å²) in [5.74, 6) is 0.901. The third-order valence-corrected chi connectivity index (χ3v) is 3.22. The molecule has 0 aliphatic heterocycles. The van der Waals surface area contributed by atoms with Gasteiger partial charge < -0.3 is 5.73 Å². The van der Waals surface area contributed by atoms with Crippen LogP contribution in [-0.4, -0.2) is 12.3 Å². The predicted octanol–water partition coefficient (Wildman–Crippen LogP) is 2.83. The monoisotopic (exact) mass is 213 g/mol. The van der Waals surface area contributed by atoms with Crippen molar-refractivity contribution < 1.29 is 4.39 Å². The lowest BCUT2D eigenvalue weighted by Crippen LogP contribution is -2.04. The molecule has 0 fully saturated rings. The van der Waals surface area contributed by atoms with Crippen molar-refractivity contribution in [1.29, 1.82) is 0 Å². The molecule has 0 saturated heterocycles. The van der Waals surface area contributed by atoms with Crippen LogP contribution in [0.4, 0.5) is 4.39 Å². The van der Waals surface area contributed by atoms with Crippen molar-refractivity contribution in [3.63, 3.8) is 0 Å². The largest absolute Gasteiger partial charge is 0.330 e. The predicted molar refractivity (Wildman–Crippen MR) is 60.2 cm³/mol. The smallest absolute Gasteiger partial charge is 0.123 e. The zero-order chi connectivity index (χ0) is 10.4. The normalized spacial score (nSPS) is 10.5. The van der Waals surface area contributed by atoms with E-state index in [4.69, 9.17) is 5.73 Å². The standard InChI is InChI=1S/C11H16FNS/c1-2-7-14-11-4-3-10(12)8-9(11)5-6-13/h3-4,8H,2,5-7,13H2,1H3. The Bertz CT molecular complexity index is 289. The molecule has 78 valence electrons. The third-order valence-electron chi connectivity index (χ3n) is 1.90. The van der Waals surface area contributed by atoms with E-state index in [0.717, 1.165) is 24.2 Å². The van der Waals surface area contributed by atoms with Gasteiger partial charge in [-0.05, 0) is 48.9 Å². The molecule has 0 radical (unpaired) electrons. The molecule has 3 heteroatoms. The quantitative estimate of drug-likeness (QED) is 0.761. The van der Waals surface area contributed by atoms with E-state index in [-0.39, 0.29) is 5.82 Å². The SMILES string of the molecule is CCCSc1ccc(F)cc1CCN. The summed E-state index contributed by atoms with van der Waals surface area (Å²) in [4.78, 5) is 1.17. The number of nitrogens with two attached hydrogens (primary N) is 1. The number of thioether (sulfide) groups is 1. The molecule has 0 unspecified atom stereocenters. The number of benzene rings is 1. The van der Waals surface area contributed by atoms with E-state index in [9.17, 15) is 4.39 Å². The van der Waals surface area contributed by atoms with E-state index in [0.29, 0.717) is 6.54 Å². The molecule has 1 nitrogen and oxygen atoms in total. The highest BCUT2D eigenvalue weighted by molar-refractivity contribution is 7.99. The van der Waals surface area contributed by atoms with Crippen LogP contribution in [0.1, 0.15) is 18.9 Å². The summed E-state index contributed by atoms with van der Waals surface area (Å²) >= 11 is 1.77. The van der Waals surface area contributed by atoms with Crippen molar-refractivity contribution in [1.82, 2.24) is 0 Å². The van der Waals surface area contributed by atoms with Gasteiger partial charge in [0.1, 0.15) is 5.82 Å². The number of rotatable bonds is 5. The second-order valence-electron chi connectivity index (χ2n) is 3.14. The Hall–Kier alpha value is -0.540. The number of halogens is 1. The van der Waals surface area contributed by atoms with Gasteiger partial charge in [0.05, 0.1) is 0 Å². The van der Waals surface area contributed by atoms with Crippen LogP contribution in [0.25, 0.3) is 0 Å². The molecule has 0 atom stereocenters. The highest BCUT2D eigenvalue weighted by atomic mass is 32.2. The fourth-order valence-corrected chi connectivity index (χ4v) is 2.19. The van der Waals surface area contributed by atoms with E-state index < -0.39 is 0 Å². The first kappa shape index (κ1) is 11.5. The minimum atomic E-state index is -0.172. The van der Waals surface area contributed by atoms with E-state index in [1.54, 1.807) is 17.8 Å². The summed E-state index contributed by atoms with van der Waals surface area (Å²) in [5, 5.41) is 0. The summed E-state index contributed by atoms with van der Waals surface area (Å²) in [7, 11) is 0. The minimum absolute atomic E-state index is 0.172. The lowest BCUT2D eigenvalue weighted by molar-refractivity contribution is 0.623. The maximum Gasteiger partial charge on any atom is 0.123 e. The summed E-state index contributed by atoms with van der Waals surface area (Å²) in [6, 6.07) is 4.95. The van der Waals surface area contributed by atoms with Gasteiger partial charge in [0.25, 0.3) is 0 Å². The molecule has 0 aliphatic rings. The Kier molecular flexibility index (Phi) is 4.98. The summed E-state index contributed by atoms with van der Waals surface area (Å²) in [6.45, 7) is 2.71. The summed E-state index contributed by atoms with van der Waals surface area (Å²) in [6.07, 6.45) is 1.88. The van der Waals surface area contributed by atoms with Crippen molar-refractivity contribution in [2.75, 3.05) is 12.3 Å². The molecule has 0 aromatic heterocycles. The Morgan fingerprint density at radius 1 is 1.43 bits per heavy atom. The Morgan fingerprint density at radius 3 is 2.86 bits per heavy atom. The molecule has 0 spiro atoms. The Balaban J connectivity index is 2.78. The number of hydrogen-bond donors (Lipinski definition) is 1. The third kappa shape index (κ3) is 3.31. The summed E-state index contributed by atoms with van der Waals surface area (Å²) in [5.41, 5.74) is 6.51. The maximum atomic E-state index is 12.9. The fraction of sp³-hybridized carbons (Fsp3) is 0.455. The van der Waals surface area contributed by atoms with Gasteiger partial charge in [0.15, 0.2) is 0 Å². The van der Waals surface area contributed by atoms with Crippen molar-refractivity contribution >= 4 is 11.8 Å². The van der Waals surface area contributed by atoms with Gasteiger partial charge in [0.2, 0.25) is 0 Å². The molecule has 0 aliphatic carbocycles. The van der Waals surface area contributed by atoms with E-state index in [1.165, 1.54) is 11.0 Å². The maximum absolute atomic E-state index is 12.9. The number of hydrogen-bond acceptors (Lipinski definition) is 2. The second-order valence-corrected chi connectivity index (χ2v) is 4.28. The van der Waals surface area contributed by atoms with Crippen LogP contribution in [0, 0.1) is 5.82 Å². The van der Waals surface area contributed by atoms with Crippen molar-refractivity contribution in [3.05, 3.63) is 29.6 Å². The zero-order valence-electron chi connectivity index (χ0n) is 8.42. The van der Waals surface area contributed by atoms with Crippen molar-refractivity contribution in [2.45, 2.75) is 24.7 Å². The van der Waals surface area contributed by atoms with Gasteiger partial charge in [-0.3, -0.25) is 0 Å². The van der Waals surface area contributed by atoms with Crippen LogP contribution in [-0.2, 0) is 6.42 Å². The molecular formula is C11H16FNS. The van der Waals surface area contributed by atoms with Gasteiger partial charge in [-0.15, -0.1) is 11.8 Å². The van der Waals surface area contributed by atoms with Gasteiger partial charge in [-0.1, -0.05) is 6.92 Å². The first-order valence-corrected chi connectivity index (χ1v) is 5.87. The lowest BCUT2D eigenvalue weighted by Gasteiger charge is -2.07. The topological polar surface area (TPSA) is 26.0 Å². The summed E-state index contributed by atoms with van der Waals surface area (Å²) < 4.78 is 12.9. The first-order valence-electron chi connectivity index (χ1n) is 4.89. The van der Waals surface area contributed by atoms with E-state index >= 15 is 0 Å². The molecule has 14 heavy (non-hydrogen) atoms. The molecule has 0 saturated carbocycles. The van der Waals surface area contributed by atoms with Gasteiger partial charge >= 0.3 is 0 Å². The lowest BCUT2D eigenvalue weighted by atomic mass is 10.1. The Labute approximate surface area is 88.9 Å². The average molecular weight is 213 g/mol. The molecule has 0 amide bonds.